The normalized spacial score (nSPS) is 15.9. The number of hydrogen-bond donors (Lipinski definition) is 1. The minimum atomic E-state index is 0. The molecule has 0 bridgehead atoms. The van der Waals surface area contributed by atoms with Crippen LogP contribution in [0, 0.1) is 13.8 Å². The lowest BCUT2D eigenvalue weighted by Crippen LogP contribution is -2.44. The van der Waals surface area contributed by atoms with Crippen LogP contribution in [-0.4, -0.2) is 41.6 Å². The molecular weight excluding hydrogens is 286 g/mol. The third-order valence-corrected chi connectivity index (χ3v) is 4.41. The zero-order valence-electron chi connectivity index (χ0n) is 13.8. The molecule has 1 aromatic rings. The summed E-state index contributed by atoms with van der Waals surface area (Å²) in [6.45, 7) is 10.5. The molecular formula is C16H28ClN3O. The molecule has 120 valence electrons. The highest BCUT2D eigenvalue weighted by Crippen LogP contribution is 2.22. The van der Waals surface area contributed by atoms with Crippen molar-refractivity contribution in [2.45, 2.75) is 52.6 Å². The zero-order valence-corrected chi connectivity index (χ0v) is 14.6. The van der Waals surface area contributed by atoms with Crippen molar-refractivity contribution in [3.63, 3.8) is 0 Å². The highest BCUT2D eigenvalue weighted by molar-refractivity contribution is 5.95. The molecule has 0 atom stereocenters. The van der Waals surface area contributed by atoms with Crippen LogP contribution in [0.1, 0.15) is 54.5 Å². The molecule has 4 nitrogen and oxygen atoms in total. The fourth-order valence-corrected chi connectivity index (χ4v) is 3.34. The maximum Gasteiger partial charge on any atom is 0.255 e. The smallest absolute Gasteiger partial charge is 0.255 e. The Kier molecular flexibility index (Phi) is 6.29. The lowest BCUT2D eigenvalue weighted by Gasteiger charge is -2.31. The van der Waals surface area contributed by atoms with Gasteiger partial charge in [0.1, 0.15) is 0 Å². The summed E-state index contributed by atoms with van der Waals surface area (Å²) in [5.41, 5.74) is 3.11. The molecule has 5 heteroatoms. The second-order valence-corrected chi connectivity index (χ2v) is 6.15. The van der Waals surface area contributed by atoms with Gasteiger partial charge in [-0.1, -0.05) is 0 Å². The van der Waals surface area contributed by atoms with Crippen molar-refractivity contribution in [3.8, 4) is 0 Å². The standard InChI is InChI=1S/C16H27N3O.ClH/c1-11(2)19-12(3)10-15(13(19)4)16(20)18(5)14-6-8-17-9-7-14;/h10-11,14,17H,6-9H2,1-5H3;1H. The van der Waals surface area contributed by atoms with Crippen molar-refractivity contribution in [3.05, 3.63) is 23.0 Å². The minimum absolute atomic E-state index is 0. The molecule has 0 aromatic carbocycles. The van der Waals surface area contributed by atoms with Crippen molar-refractivity contribution in [1.82, 2.24) is 14.8 Å². The van der Waals surface area contributed by atoms with E-state index in [1.54, 1.807) is 0 Å². The number of aromatic nitrogens is 1. The van der Waals surface area contributed by atoms with Gasteiger partial charge in [0.2, 0.25) is 0 Å². The summed E-state index contributed by atoms with van der Waals surface area (Å²) < 4.78 is 2.24. The molecule has 2 rings (SSSR count). The van der Waals surface area contributed by atoms with Crippen molar-refractivity contribution in [1.29, 1.82) is 0 Å². The van der Waals surface area contributed by atoms with Gasteiger partial charge in [0.05, 0.1) is 5.56 Å². The van der Waals surface area contributed by atoms with Crippen LogP contribution >= 0.6 is 12.4 Å². The number of carbonyl (C=O) groups excluding carboxylic acids is 1. The van der Waals surface area contributed by atoms with Gasteiger partial charge in [-0.25, -0.2) is 0 Å². The van der Waals surface area contributed by atoms with Gasteiger partial charge in [0.25, 0.3) is 5.91 Å². The molecule has 2 heterocycles. The summed E-state index contributed by atoms with van der Waals surface area (Å²) >= 11 is 0. The highest BCUT2D eigenvalue weighted by Gasteiger charge is 2.25. The first-order valence-corrected chi connectivity index (χ1v) is 7.59. The zero-order chi connectivity index (χ0) is 14.9. The average Bonchev–Trinajstić information content (AvgIpc) is 2.73. The summed E-state index contributed by atoms with van der Waals surface area (Å²) in [6, 6.07) is 2.79. The van der Waals surface area contributed by atoms with E-state index in [2.05, 4.69) is 37.6 Å². The van der Waals surface area contributed by atoms with Crippen LogP contribution in [0.4, 0.5) is 0 Å². The summed E-state index contributed by atoms with van der Waals surface area (Å²) in [5, 5.41) is 3.35. The molecule has 1 amide bonds. The van der Waals surface area contributed by atoms with Crippen LogP contribution in [0.3, 0.4) is 0 Å². The second kappa shape index (κ2) is 7.32. The van der Waals surface area contributed by atoms with Crippen LogP contribution in [0.5, 0.6) is 0 Å². The molecule has 1 aliphatic heterocycles. The molecule has 0 saturated carbocycles. The fourth-order valence-electron chi connectivity index (χ4n) is 3.34. The molecule has 1 saturated heterocycles. The molecule has 1 N–H and O–H groups in total. The molecule has 21 heavy (non-hydrogen) atoms. The van der Waals surface area contributed by atoms with Gasteiger partial charge in [-0.15, -0.1) is 12.4 Å². The van der Waals surface area contributed by atoms with Crippen LogP contribution in [-0.2, 0) is 0 Å². The van der Waals surface area contributed by atoms with Crippen molar-refractivity contribution in [2.75, 3.05) is 20.1 Å². The number of carbonyl (C=O) groups is 1. The van der Waals surface area contributed by atoms with Gasteiger partial charge >= 0.3 is 0 Å². The van der Waals surface area contributed by atoms with Crippen molar-refractivity contribution < 1.29 is 4.79 Å². The topological polar surface area (TPSA) is 37.3 Å². The Morgan fingerprint density at radius 1 is 1.33 bits per heavy atom. The van der Waals surface area contributed by atoms with Crippen LogP contribution in [0.2, 0.25) is 0 Å². The monoisotopic (exact) mass is 313 g/mol. The quantitative estimate of drug-likeness (QED) is 0.931. The van der Waals surface area contributed by atoms with E-state index in [1.807, 2.05) is 18.0 Å². The number of rotatable bonds is 3. The minimum Gasteiger partial charge on any atom is -0.346 e. The first-order valence-electron chi connectivity index (χ1n) is 7.59. The van der Waals surface area contributed by atoms with Gasteiger partial charge in [0, 0.05) is 30.5 Å². The number of halogens is 1. The average molecular weight is 314 g/mol. The maximum absolute atomic E-state index is 12.7. The number of nitrogens with one attached hydrogen (secondary N) is 1. The molecule has 0 unspecified atom stereocenters. The summed E-state index contributed by atoms with van der Waals surface area (Å²) in [4.78, 5) is 14.7. The van der Waals surface area contributed by atoms with E-state index in [9.17, 15) is 4.79 Å². The summed E-state index contributed by atoms with van der Waals surface area (Å²) in [7, 11) is 1.94. The van der Waals surface area contributed by atoms with Gasteiger partial charge in [-0.05, 0) is 59.7 Å². The van der Waals surface area contributed by atoms with E-state index in [-0.39, 0.29) is 18.3 Å². The van der Waals surface area contributed by atoms with Crippen molar-refractivity contribution >= 4 is 18.3 Å². The number of piperidine rings is 1. The largest absolute Gasteiger partial charge is 0.346 e. The van der Waals surface area contributed by atoms with Crippen LogP contribution in [0.15, 0.2) is 6.07 Å². The van der Waals surface area contributed by atoms with Gasteiger partial charge in [-0.2, -0.15) is 0 Å². The highest BCUT2D eigenvalue weighted by atomic mass is 35.5. The van der Waals surface area contributed by atoms with Gasteiger partial charge in [0.15, 0.2) is 0 Å². The van der Waals surface area contributed by atoms with E-state index in [0.717, 1.165) is 37.2 Å². The number of nitrogens with zero attached hydrogens (tertiary/aromatic N) is 2. The van der Waals surface area contributed by atoms with Gasteiger partial charge in [-0.3, -0.25) is 4.79 Å². The van der Waals surface area contributed by atoms with Crippen molar-refractivity contribution in [2.24, 2.45) is 0 Å². The number of amides is 1. The predicted octanol–water partition coefficient (Wildman–Crippen LogP) is 2.93. The molecule has 0 radical (unpaired) electrons. The Morgan fingerprint density at radius 3 is 2.38 bits per heavy atom. The second-order valence-electron chi connectivity index (χ2n) is 6.15. The number of aryl methyl sites for hydroxylation is 1. The van der Waals surface area contributed by atoms with Crippen LogP contribution < -0.4 is 5.32 Å². The van der Waals surface area contributed by atoms with E-state index < -0.39 is 0 Å². The number of hydrogen-bond acceptors (Lipinski definition) is 2. The Balaban J connectivity index is 0.00000220. The first kappa shape index (κ1) is 18.1. The summed E-state index contributed by atoms with van der Waals surface area (Å²) in [6.07, 6.45) is 2.09. The molecule has 0 aliphatic carbocycles. The first-order chi connectivity index (χ1) is 9.43. The Morgan fingerprint density at radius 2 is 1.90 bits per heavy atom. The maximum atomic E-state index is 12.7. The lowest BCUT2D eigenvalue weighted by atomic mass is 10.0. The molecule has 1 aliphatic rings. The Bertz CT molecular complexity index is 490. The molecule has 1 aromatic heterocycles. The fraction of sp³-hybridized carbons (Fsp3) is 0.688. The molecule has 1 fully saturated rings. The lowest BCUT2D eigenvalue weighted by molar-refractivity contribution is 0.0702. The third kappa shape index (κ3) is 3.61. The Hall–Kier alpha value is -1.000. The summed E-state index contributed by atoms with van der Waals surface area (Å²) in [5.74, 6) is 0.164. The van der Waals surface area contributed by atoms with E-state index in [0.29, 0.717) is 12.1 Å². The van der Waals surface area contributed by atoms with E-state index in [1.165, 1.54) is 5.69 Å². The van der Waals surface area contributed by atoms with E-state index in [4.69, 9.17) is 0 Å². The van der Waals surface area contributed by atoms with Crippen LogP contribution in [0.25, 0.3) is 0 Å². The Labute approximate surface area is 134 Å². The predicted molar refractivity (Wildman–Crippen MR) is 89.5 cm³/mol. The SMILES string of the molecule is Cc1cc(C(=O)N(C)C2CCNCC2)c(C)n1C(C)C.Cl. The van der Waals surface area contributed by atoms with E-state index >= 15 is 0 Å². The molecule has 0 spiro atoms. The van der Waals surface area contributed by atoms with Gasteiger partial charge < -0.3 is 14.8 Å². The third-order valence-electron chi connectivity index (χ3n) is 4.41.